The molecule has 0 spiro atoms. The number of nitrogens with zero attached hydrogens (tertiary/aromatic N) is 1. The van der Waals surface area contributed by atoms with Crippen LogP contribution in [0, 0.1) is 0 Å². The van der Waals surface area contributed by atoms with Crippen LogP contribution in [0.4, 0.5) is 0 Å². The Morgan fingerprint density at radius 2 is 1.82 bits per heavy atom. The number of amides is 1. The molecule has 1 amide bonds. The van der Waals surface area contributed by atoms with E-state index in [9.17, 15) is 4.79 Å². The second-order valence-electron chi connectivity index (χ2n) is 6.47. The number of ether oxygens (including phenoxy) is 3. The molecular formula is C22H20N2O4. The Bertz CT molecular complexity index is 1060. The van der Waals surface area contributed by atoms with E-state index in [1.165, 1.54) is 0 Å². The van der Waals surface area contributed by atoms with Crippen molar-refractivity contribution in [3.05, 3.63) is 66.2 Å². The first kappa shape index (κ1) is 17.9. The lowest BCUT2D eigenvalue weighted by atomic mass is 10.0. The monoisotopic (exact) mass is 376 g/mol. The zero-order chi connectivity index (χ0) is 19.5. The lowest BCUT2D eigenvalue weighted by molar-refractivity contribution is -0.130. The number of hydrazone groups is 1. The van der Waals surface area contributed by atoms with Gasteiger partial charge in [-0.3, -0.25) is 4.79 Å². The number of para-hydroxylation sites is 2. The summed E-state index contributed by atoms with van der Waals surface area (Å²) in [5.41, 5.74) is 4.19. The molecule has 142 valence electrons. The van der Waals surface area contributed by atoms with Crippen molar-refractivity contribution in [3.63, 3.8) is 0 Å². The van der Waals surface area contributed by atoms with Crippen LogP contribution < -0.4 is 19.6 Å². The van der Waals surface area contributed by atoms with Crippen LogP contribution in [0.3, 0.4) is 0 Å². The van der Waals surface area contributed by atoms with Crippen molar-refractivity contribution in [2.45, 2.75) is 13.0 Å². The van der Waals surface area contributed by atoms with E-state index < -0.39 is 6.10 Å². The lowest BCUT2D eigenvalue weighted by Crippen LogP contribution is -2.42. The third-order valence-corrected chi connectivity index (χ3v) is 4.60. The summed E-state index contributed by atoms with van der Waals surface area (Å²) < 4.78 is 16.5. The summed E-state index contributed by atoms with van der Waals surface area (Å²) in [4.78, 5) is 12.4. The van der Waals surface area contributed by atoms with Crippen molar-refractivity contribution in [1.29, 1.82) is 0 Å². The predicted molar refractivity (Wildman–Crippen MR) is 107 cm³/mol. The third-order valence-electron chi connectivity index (χ3n) is 4.60. The van der Waals surface area contributed by atoms with E-state index in [1.54, 1.807) is 19.2 Å². The van der Waals surface area contributed by atoms with E-state index in [-0.39, 0.29) is 12.5 Å². The molecule has 4 rings (SSSR count). The standard InChI is InChI=1S/C22H20N2O4/c1-14(15-7-8-17-12-18(26-2)10-9-16(17)11-15)23-24-22(25)21-13-27-19-5-3-4-6-20(19)28-21/h3-12,21H,13H2,1-2H3,(H,24,25)/b23-14-/t21-/m0/s1. The molecule has 0 saturated heterocycles. The highest BCUT2D eigenvalue weighted by Gasteiger charge is 2.27. The fourth-order valence-corrected chi connectivity index (χ4v) is 3.00. The maximum atomic E-state index is 12.4. The number of fused-ring (bicyclic) bond motifs is 2. The van der Waals surface area contributed by atoms with E-state index in [4.69, 9.17) is 14.2 Å². The van der Waals surface area contributed by atoms with Gasteiger partial charge in [-0.05, 0) is 53.6 Å². The Balaban J connectivity index is 1.45. The molecule has 1 N–H and O–H groups in total. The molecule has 0 radical (unpaired) electrons. The topological polar surface area (TPSA) is 69.2 Å². The van der Waals surface area contributed by atoms with E-state index >= 15 is 0 Å². The van der Waals surface area contributed by atoms with Crippen LogP contribution in [0.5, 0.6) is 17.2 Å². The minimum absolute atomic E-state index is 0.148. The van der Waals surface area contributed by atoms with Crippen LogP contribution in [-0.4, -0.2) is 31.4 Å². The lowest BCUT2D eigenvalue weighted by Gasteiger charge is -2.24. The predicted octanol–water partition coefficient (Wildman–Crippen LogP) is 3.53. The summed E-state index contributed by atoms with van der Waals surface area (Å²) in [6.45, 7) is 1.99. The highest BCUT2D eigenvalue weighted by molar-refractivity contribution is 6.02. The fourth-order valence-electron chi connectivity index (χ4n) is 3.00. The van der Waals surface area contributed by atoms with Crippen molar-refractivity contribution >= 4 is 22.4 Å². The smallest absolute Gasteiger partial charge is 0.284 e. The van der Waals surface area contributed by atoms with Gasteiger partial charge in [0, 0.05) is 0 Å². The highest BCUT2D eigenvalue weighted by Crippen LogP contribution is 2.30. The van der Waals surface area contributed by atoms with Crippen molar-refractivity contribution in [2.24, 2.45) is 5.10 Å². The minimum atomic E-state index is -0.740. The van der Waals surface area contributed by atoms with Gasteiger partial charge in [0.15, 0.2) is 11.5 Å². The minimum Gasteiger partial charge on any atom is -0.497 e. The number of carbonyl (C=O) groups excluding carboxylic acids is 1. The summed E-state index contributed by atoms with van der Waals surface area (Å²) >= 11 is 0. The van der Waals surface area contributed by atoms with Gasteiger partial charge in [-0.2, -0.15) is 5.10 Å². The first-order valence-corrected chi connectivity index (χ1v) is 8.95. The summed E-state index contributed by atoms with van der Waals surface area (Å²) in [5.74, 6) is 1.66. The van der Waals surface area contributed by atoms with Crippen LogP contribution in [0.15, 0.2) is 65.8 Å². The first-order valence-electron chi connectivity index (χ1n) is 8.95. The molecule has 0 bridgehead atoms. The largest absolute Gasteiger partial charge is 0.497 e. The van der Waals surface area contributed by atoms with E-state index in [2.05, 4.69) is 10.5 Å². The molecule has 0 saturated carbocycles. The number of rotatable bonds is 4. The maximum absolute atomic E-state index is 12.4. The summed E-state index contributed by atoms with van der Waals surface area (Å²) in [6.07, 6.45) is -0.740. The Kier molecular flexibility index (Phi) is 4.85. The molecule has 1 aliphatic rings. The number of hydrogen-bond acceptors (Lipinski definition) is 5. The van der Waals surface area contributed by atoms with Crippen LogP contribution >= 0.6 is 0 Å². The van der Waals surface area contributed by atoms with Crippen molar-refractivity contribution in [2.75, 3.05) is 13.7 Å². The Labute approximate surface area is 162 Å². The highest BCUT2D eigenvalue weighted by atomic mass is 16.6. The number of benzene rings is 3. The molecule has 28 heavy (non-hydrogen) atoms. The van der Waals surface area contributed by atoms with Crippen LogP contribution in [0.1, 0.15) is 12.5 Å². The normalized spacial score (nSPS) is 15.9. The van der Waals surface area contributed by atoms with Gasteiger partial charge in [0.1, 0.15) is 12.4 Å². The van der Waals surface area contributed by atoms with Gasteiger partial charge < -0.3 is 14.2 Å². The molecule has 1 atom stereocenters. The molecule has 3 aromatic rings. The van der Waals surface area contributed by atoms with Crippen LogP contribution in [0.25, 0.3) is 10.8 Å². The SMILES string of the molecule is COc1ccc2cc(/C(C)=N\NC(=O)[C@@H]3COc4ccccc4O3)ccc2c1. The van der Waals surface area contributed by atoms with Gasteiger partial charge in [-0.15, -0.1) is 0 Å². The average Bonchev–Trinajstić information content (AvgIpc) is 2.76. The Morgan fingerprint density at radius 1 is 1.07 bits per heavy atom. The van der Waals surface area contributed by atoms with E-state index in [1.807, 2.05) is 55.5 Å². The quantitative estimate of drug-likeness (QED) is 0.559. The van der Waals surface area contributed by atoms with Gasteiger partial charge in [0.2, 0.25) is 6.10 Å². The molecule has 0 unspecified atom stereocenters. The number of methoxy groups -OCH3 is 1. The van der Waals surface area contributed by atoms with Crippen molar-refractivity contribution in [1.82, 2.24) is 5.43 Å². The second-order valence-corrected chi connectivity index (χ2v) is 6.47. The second kappa shape index (κ2) is 7.60. The molecule has 1 aliphatic heterocycles. The van der Waals surface area contributed by atoms with Gasteiger partial charge in [-0.25, -0.2) is 5.43 Å². The van der Waals surface area contributed by atoms with Crippen molar-refractivity contribution in [3.8, 4) is 17.2 Å². The number of hydrogen-bond donors (Lipinski definition) is 1. The van der Waals surface area contributed by atoms with Gasteiger partial charge in [-0.1, -0.05) is 30.3 Å². The number of carbonyl (C=O) groups is 1. The van der Waals surface area contributed by atoms with Gasteiger partial charge in [0.05, 0.1) is 12.8 Å². The molecule has 0 aliphatic carbocycles. The molecule has 6 heteroatoms. The van der Waals surface area contributed by atoms with Crippen LogP contribution in [-0.2, 0) is 4.79 Å². The zero-order valence-corrected chi connectivity index (χ0v) is 15.6. The number of nitrogens with one attached hydrogen (secondary N) is 1. The average molecular weight is 376 g/mol. The summed E-state index contributed by atoms with van der Waals surface area (Å²) in [5, 5.41) is 6.37. The maximum Gasteiger partial charge on any atom is 0.284 e. The molecule has 0 fully saturated rings. The molecule has 3 aromatic carbocycles. The molecule has 6 nitrogen and oxygen atoms in total. The zero-order valence-electron chi connectivity index (χ0n) is 15.6. The molecule has 1 heterocycles. The van der Waals surface area contributed by atoms with Crippen LogP contribution in [0.2, 0.25) is 0 Å². The summed E-state index contributed by atoms with van der Waals surface area (Å²) in [6, 6.07) is 19.1. The Hall–Kier alpha value is -3.54. The fraction of sp³-hybridized carbons (Fsp3) is 0.182. The van der Waals surface area contributed by atoms with E-state index in [0.717, 1.165) is 22.1 Å². The molecular weight excluding hydrogens is 356 g/mol. The van der Waals surface area contributed by atoms with Gasteiger partial charge >= 0.3 is 0 Å². The first-order chi connectivity index (χ1) is 13.6. The van der Waals surface area contributed by atoms with Crippen molar-refractivity contribution < 1.29 is 19.0 Å². The third kappa shape index (κ3) is 3.62. The Morgan fingerprint density at radius 3 is 2.64 bits per heavy atom. The molecule has 0 aromatic heterocycles. The van der Waals surface area contributed by atoms with E-state index in [0.29, 0.717) is 17.2 Å². The van der Waals surface area contributed by atoms with Gasteiger partial charge in [0.25, 0.3) is 5.91 Å². The summed E-state index contributed by atoms with van der Waals surface area (Å²) in [7, 11) is 1.65.